The lowest BCUT2D eigenvalue weighted by Crippen LogP contribution is -2.47. The second-order valence-corrected chi connectivity index (χ2v) is 44.2. The Labute approximate surface area is 772 Å². The predicted octanol–water partition coefficient (Wildman–Crippen LogP) is 21.4. The summed E-state index contributed by atoms with van der Waals surface area (Å²) in [5, 5.41) is 59.6. The summed E-state index contributed by atoms with van der Waals surface area (Å²) in [5.74, 6) is 28.7. The van der Waals surface area contributed by atoms with Crippen LogP contribution in [-0.2, 0) is 33.4 Å². The molecule has 1 atom stereocenters. The molecule has 0 unspecified atom stereocenters. The van der Waals surface area contributed by atoms with E-state index in [1.807, 2.05) is 101 Å². The van der Waals surface area contributed by atoms with Gasteiger partial charge >= 0.3 is 23.9 Å². The Kier molecular flexibility index (Phi) is 39.4. The SMILES string of the molecule is CC1CCC(C(=O)N(c2cc(C#CC#CC(C)(C)C)sc2C(=O)O)C2CCC(O)CC2)CC1.CCOC1CCC(N(C(=O)C2CCC(C)CC2)c2cc(C#CC(C)(C)C)sc2C(=O)O)CC1.COC(C)(C)C#Cc1cc(N(C(=O)C2CCC(C)CC2)C2CCC(O)CC2)c(C(=O)O)s1.COC[C@H](C)N(C(=O)C1CCC(C)CC1)c1cc(C#CC(C)(C)C)sc1C(=O)O. The number of hydrogen-bond donors (Lipinski definition) is 6. The first-order valence-electron chi connectivity index (χ1n) is 46.2. The highest BCUT2D eigenvalue weighted by atomic mass is 32.1. The average molecular weight is 1820 g/mol. The summed E-state index contributed by atoms with van der Waals surface area (Å²) >= 11 is 4.51. The lowest BCUT2D eigenvalue weighted by atomic mass is 9.81. The number of amides is 4. The molecular formula is C102H142N4O17S4. The smallest absolute Gasteiger partial charge is 0.348 e. The van der Waals surface area contributed by atoms with Gasteiger partial charge in [-0.2, -0.15) is 0 Å². The molecule has 7 fully saturated rings. The molecule has 0 bridgehead atoms. The van der Waals surface area contributed by atoms with Crippen molar-refractivity contribution in [2.75, 3.05) is 47.0 Å². The molecule has 6 N–H and O–H groups in total. The van der Waals surface area contributed by atoms with E-state index in [1.54, 1.807) is 47.1 Å². The first kappa shape index (κ1) is 105. The van der Waals surface area contributed by atoms with Crippen molar-refractivity contribution in [3.8, 4) is 59.2 Å². The Morgan fingerprint density at radius 1 is 0.386 bits per heavy atom. The van der Waals surface area contributed by atoms with Crippen LogP contribution in [0, 0.1) is 123 Å². The number of thiophene rings is 4. The third-order valence-electron chi connectivity index (χ3n) is 25.2. The number of carboxylic acid groups (broad SMARTS) is 4. The Balaban J connectivity index is 0.000000210. The number of methoxy groups -OCH3 is 2. The van der Waals surface area contributed by atoms with E-state index >= 15 is 0 Å². The Bertz CT molecular complexity index is 4720. The number of aliphatic hydroxyl groups is 2. The number of rotatable bonds is 21. The van der Waals surface area contributed by atoms with Crippen molar-refractivity contribution in [1.29, 1.82) is 0 Å². The van der Waals surface area contributed by atoms with Crippen molar-refractivity contribution in [1.82, 2.24) is 0 Å². The van der Waals surface area contributed by atoms with Crippen molar-refractivity contribution < 1.29 is 83.2 Å². The molecule has 0 saturated heterocycles. The Hall–Kier alpha value is -7.84. The van der Waals surface area contributed by atoms with Crippen LogP contribution in [0.4, 0.5) is 22.7 Å². The van der Waals surface area contributed by atoms with Gasteiger partial charge in [-0.15, -0.1) is 45.3 Å². The summed E-state index contributed by atoms with van der Waals surface area (Å²) in [5.41, 5.74) is 0.695. The lowest BCUT2D eigenvalue weighted by Gasteiger charge is -2.39. The number of ether oxygens (including phenoxy) is 3. The third kappa shape index (κ3) is 31.4. The van der Waals surface area contributed by atoms with E-state index < -0.39 is 29.5 Å². The van der Waals surface area contributed by atoms with Gasteiger partial charge in [0.2, 0.25) is 23.6 Å². The maximum absolute atomic E-state index is 13.9. The molecule has 0 aliphatic heterocycles. The zero-order valence-corrected chi connectivity index (χ0v) is 82.0. The molecule has 4 heterocycles. The number of carbonyl (C=O) groups is 8. The fourth-order valence-electron chi connectivity index (χ4n) is 17.7. The van der Waals surface area contributed by atoms with Crippen LogP contribution in [0.2, 0.25) is 0 Å². The van der Waals surface area contributed by atoms with Gasteiger partial charge in [0.05, 0.1) is 73.2 Å². The molecule has 7 aliphatic carbocycles. The average Bonchev–Trinajstić information content (AvgIpc) is 1.69. The van der Waals surface area contributed by atoms with Gasteiger partial charge in [-0.05, 0) is 335 Å². The lowest BCUT2D eigenvalue weighted by molar-refractivity contribution is -0.125. The van der Waals surface area contributed by atoms with Crippen molar-refractivity contribution >= 4 is 116 Å². The van der Waals surface area contributed by atoms with E-state index in [-0.39, 0.29) is 126 Å². The summed E-state index contributed by atoms with van der Waals surface area (Å²) in [6.07, 6.45) is 23.2. The van der Waals surface area contributed by atoms with Crippen LogP contribution >= 0.6 is 45.3 Å². The third-order valence-corrected chi connectivity index (χ3v) is 29.3. The number of aliphatic hydroxyl groups excluding tert-OH is 2. The Morgan fingerprint density at radius 2 is 0.669 bits per heavy atom. The highest BCUT2D eigenvalue weighted by molar-refractivity contribution is 7.16. The minimum atomic E-state index is -1.05. The monoisotopic (exact) mass is 1820 g/mol. The van der Waals surface area contributed by atoms with Gasteiger partial charge in [0.25, 0.3) is 0 Å². The molecule has 11 rings (SSSR count). The highest BCUT2D eigenvalue weighted by Gasteiger charge is 2.43. The van der Waals surface area contributed by atoms with Gasteiger partial charge in [0, 0.05) is 78.9 Å². The molecule has 696 valence electrons. The largest absolute Gasteiger partial charge is 0.477 e. The van der Waals surface area contributed by atoms with E-state index in [2.05, 4.69) is 86.9 Å². The molecule has 0 radical (unpaired) electrons. The van der Waals surface area contributed by atoms with Crippen LogP contribution in [0.1, 0.15) is 356 Å². The minimum absolute atomic E-state index is 0.00270. The van der Waals surface area contributed by atoms with Crippen LogP contribution in [0.3, 0.4) is 0 Å². The van der Waals surface area contributed by atoms with Crippen molar-refractivity contribution in [2.45, 2.75) is 346 Å². The fourth-order valence-corrected chi connectivity index (χ4v) is 21.1. The molecule has 0 spiro atoms. The zero-order chi connectivity index (χ0) is 93.6. The normalized spacial score (nSPS) is 24.5. The zero-order valence-electron chi connectivity index (χ0n) is 78.8. The van der Waals surface area contributed by atoms with Crippen LogP contribution < -0.4 is 19.6 Å². The summed E-state index contributed by atoms with van der Waals surface area (Å²) in [7, 11) is 3.17. The maximum atomic E-state index is 13.9. The summed E-state index contributed by atoms with van der Waals surface area (Å²) in [4.78, 5) is 114. The van der Waals surface area contributed by atoms with Crippen LogP contribution in [-0.4, -0.2) is 154 Å². The molecule has 7 saturated carbocycles. The van der Waals surface area contributed by atoms with Gasteiger partial charge in [0.1, 0.15) is 25.1 Å². The first-order chi connectivity index (χ1) is 59.8. The van der Waals surface area contributed by atoms with Crippen LogP contribution in [0.5, 0.6) is 0 Å². The van der Waals surface area contributed by atoms with Gasteiger partial charge < -0.3 is 64.4 Å². The van der Waals surface area contributed by atoms with Crippen molar-refractivity contribution in [2.24, 2.45) is 63.6 Å². The molecule has 4 amide bonds. The predicted molar refractivity (Wildman–Crippen MR) is 510 cm³/mol. The molecule has 4 aromatic rings. The number of aromatic carboxylic acids is 4. The summed E-state index contributed by atoms with van der Waals surface area (Å²) in [6.45, 7) is 35.7. The molecule has 127 heavy (non-hydrogen) atoms. The number of carbonyl (C=O) groups excluding carboxylic acids is 4. The van der Waals surface area contributed by atoms with E-state index in [0.29, 0.717) is 131 Å². The highest BCUT2D eigenvalue weighted by Crippen LogP contribution is 2.45. The number of hydrogen-bond acceptors (Lipinski definition) is 17. The number of anilines is 4. The number of nitrogens with zero attached hydrogens (tertiary/aromatic N) is 4. The topological polar surface area (TPSA) is 299 Å². The molecule has 21 nitrogen and oxygen atoms in total. The standard InChI is InChI=1S/C27H35NO4S.C27H39NO4S.C25H35NO5S.C23H33NO4S/c1-18-8-10-19(11-9-18)25(30)28(20-12-14-21(29)15-13-20)23-17-22(33-24(23)26(31)32)7-5-6-16-27(2,3)4;1-6-32-21-13-11-20(12-14-21)28(25(29)19-9-7-18(2)8-10-19)23-17-22(15-16-27(3,4)5)33-24(23)26(30)31;1-16-5-7-17(8-6-16)23(28)26(18-9-11-19(27)12-10-18)21-15-20(32-22(21)24(29)30)13-14-25(2,3)31-4;1-15-7-9-17(10-8-15)21(25)24(16(2)14-28-6)19-13-18(11-12-23(3,4)5)29-20(19)22(26)27/h17-21,29H,8-15H2,1-4H3,(H,31,32);17-21H,6-14H2,1-5H3,(H,30,31);15-19,27H,5-12H2,1-4H3,(H,29,30);13,15-17H,7-10,14H2,1-6H3,(H,26,27)/t;;;15?,16-,17?/m...0/s1. The minimum Gasteiger partial charge on any atom is -0.477 e. The summed E-state index contributed by atoms with van der Waals surface area (Å²) < 4.78 is 16.5. The van der Waals surface area contributed by atoms with Crippen molar-refractivity contribution in [3.05, 3.63) is 63.3 Å². The molecule has 0 aromatic carbocycles. The van der Waals surface area contributed by atoms with Gasteiger partial charge in [-0.1, -0.05) is 69.1 Å². The van der Waals surface area contributed by atoms with E-state index in [9.17, 15) is 69.0 Å². The van der Waals surface area contributed by atoms with Crippen LogP contribution in [0.25, 0.3) is 0 Å². The van der Waals surface area contributed by atoms with Gasteiger partial charge in [-0.3, -0.25) is 19.2 Å². The fraction of sp³-hybridized carbons (Fsp3) is 0.667. The van der Waals surface area contributed by atoms with Gasteiger partial charge in [-0.25, -0.2) is 19.2 Å². The molecular weight excluding hydrogens is 1680 g/mol. The maximum Gasteiger partial charge on any atom is 0.348 e. The quantitative estimate of drug-likeness (QED) is 0.0422. The molecule has 7 aliphatic rings. The molecule has 25 heteroatoms. The van der Waals surface area contributed by atoms with Gasteiger partial charge in [0.15, 0.2) is 0 Å². The Morgan fingerprint density at radius 3 is 0.961 bits per heavy atom. The van der Waals surface area contributed by atoms with Crippen molar-refractivity contribution in [3.63, 3.8) is 0 Å². The van der Waals surface area contributed by atoms with E-state index in [4.69, 9.17) is 14.2 Å². The van der Waals surface area contributed by atoms with E-state index in [1.165, 1.54) is 11.3 Å². The summed E-state index contributed by atoms with van der Waals surface area (Å²) in [6, 6.07) is 6.62. The first-order valence-corrected chi connectivity index (χ1v) is 49.5. The van der Waals surface area contributed by atoms with E-state index in [0.717, 1.165) is 162 Å². The number of carboxylic acids is 4. The second kappa shape index (κ2) is 47.8. The van der Waals surface area contributed by atoms with Crippen LogP contribution in [0.15, 0.2) is 24.3 Å². The second-order valence-electron chi connectivity index (χ2n) is 40.0. The molecule has 4 aromatic heterocycles.